The van der Waals surface area contributed by atoms with E-state index in [2.05, 4.69) is 5.32 Å². The first-order chi connectivity index (χ1) is 8.95. The zero-order valence-electron chi connectivity index (χ0n) is 10.5. The third-order valence-electron chi connectivity index (χ3n) is 2.63. The molecule has 19 heavy (non-hydrogen) atoms. The molecule has 6 heteroatoms. The molecule has 0 bridgehead atoms. The first kappa shape index (κ1) is 15.9. The zero-order chi connectivity index (χ0) is 14.4. The molecule has 1 amide bonds. The zero-order valence-corrected chi connectivity index (χ0v) is 12.6. The van der Waals surface area contributed by atoms with E-state index in [0.717, 1.165) is 12.8 Å². The van der Waals surface area contributed by atoms with Crippen molar-refractivity contribution in [1.82, 2.24) is 5.32 Å². The molecule has 0 spiro atoms. The lowest BCUT2D eigenvalue weighted by Crippen LogP contribution is -2.41. The maximum atomic E-state index is 12.9. The molecule has 0 radical (unpaired) electrons. The lowest BCUT2D eigenvalue weighted by Gasteiger charge is -2.14. The van der Waals surface area contributed by atoms with Crippen molar-refractivity contribution in [3.63, 3.8) is 0 Å². The van der Waals surface area contributed by atoms with E-state index >= 15 is 0 Å². The fourth-order valence-electron chi connectivity index (χ4n) is 1.58. The van der Waals surface area contributed by atoms with E-state index < -0.39 is 23.7 Å². The first-order valence-electron chi connectivity index (χ1n) is 5.94. The number of carbonyl (C=O) groups excluding carboxylic acids is 1. The Labute approximate surface area is 124 Å². The molecule has 0 aromatic heterocycles. The quantitative estimate of drug-likeness (QED) is 0.748. The minimum absolute atomic E-state index is 0.282. The molecule has 0 saturated carbocycles. The Morgan fingerprint density at radius 2 is 2.16 bits per heavy atom. The van der Waals surface area contributed by atoms with E-state index in [1.54, 1.807) is 0 Å². The summed E-state index contributed by atoms with van der Waals surface area (Å²) in [6.45, 7) is 1.95. The highest BCUT2D eigenvalue weighted by molar-refractivity contribution is 14.1. The van der Waals surface area contributed by atoms with Crippen molar-refractivity contribution in [1.29, 1.82) is 0 Å². The van der Waals surface area contributed by atoms with Crippen LogP contribution in [-0.4, -0.2) is 23.0 Å². The van der Waals surface area contributed by atoms with Crippen LogP contribution in [0.3, 0.4) is 0 Å². The number of hydrogen-bond acceptors (Lipinski definition) is 2. The number of halogens is 2. The van der Waals surface area contributed by atoms with Crippen LogP contribution < -0.4 is 5.32 Å². The van der Waals surface area contributed by atoms with E-state index in [1.807, 2.05) is 29.5 Å². The third kappa shape index (κ3) is 4.77. The van der Waals surface area contributed by atoms with E-state index in [9.17, 15) is 14.0 Å². The largest absolute Gasteiger partial charge is 0.480 e. The van der Waals surface area contributed by atoms with Crippen LogP contribution in [0.4, 0.5) is 4.39 Å². The number of nitrogens with one attached hydrogen (secondary N) is 1. The minimum Gasteiger partial charge on any atom is -0.480 e. The van der Waals surface area contributed by atoms with Crippen molar-refractivity contribution in [3.8, 4) is 0 Å². The number of rotatable bonds is 6. The third-order valence-corrected chi connectivity index (χ3v) is 3.52. The second-order valence-electron chi connectivity index (χ2n) is 4.13. The van der Waals surface area contributed by atoms with Gasteiger partial charge in [-0.3, -0.25) is 4.79 Å². The van der Waals surface area contributed by atoms with E-state index in [1.165, 1.54) is 18.2 Å². The number of carbonyl (C=O) groups is 2. The van der Waals surface area contributed by atoms with Crippen molar-refractivity contribution >= 4 is 34.5 Å². The molecule has 1 rings (SSSR count). The Morgan fingerprint density at radius 1 is 1.47 bits per heavy atom. The molecule has 1 aromatic rings. The molecule has 0 heterocycles. The van der Waals surface area contributed by atoms with Gasteiger partial charge in [-0.2, -0.15) is 0 Å². The van der Waals surface area contributed by atoms with Gasteiger partial charge < -0.3 is 10.4 Å². The van der Waals surface area contributed by atoms with Crippen LogP contribution in [-0.2, 0) is 4.79 Å². The number of aliphatic carboxylic acids is 1. The highest BCUT2D eigenvalue weighted by Crippen LogP contribution is 2.14. The molecule has 1 atom stereocenters. The van der Waals surface area contributed by atoms with Gasteiger partial charge in [-0.05, 0) is 47.2 Å². The van der Waals surface area contributed by atoms with Gasteiger partial charge in [0, 0.05) is 3.57 Å². The summed E-state index contributed by atoms with van der Waals surface area (Å²) in [6, 6.07) is 2.86. The lowest BCUT2D eigenvalue weighted by atomic mass is 10.1. The predicted octanol–water partition coefficient (Wildman–Crippen LogP) is 2.80. The van der Waals surface area contributed by atoms with Crippen molar-refractivity contribution in [2.24, 2.45) is 0 Å². The molecule has 104 valence electrons. The highest BCUT2D eigenvalue weighted by Gasteiger charge is 2.21. The van der Waals surface area contributed by atoms with Gasteiger partial charge in [-0.1, -0.05) is 19.8 Å². The number of hydrogen-bond donors (Lipinski definition) is 2. The normalized spacial score (nSPS) is 11.9. The fourth-order valence-corrected chi connectivity index (χ4v) is 2.30. The van der Waals surface area contributed by atoms with Gasteiger partial charge in [-0.15, -0.1) is 0 Å². The molecule has 0 aliphatic heterocycles. The van der Waals surface area contributed by atoms with E-state index in [0.29, 0.717) is 9.99 Å². The van der Waals surface area contributed by atoms with Crippen molar-refractivity contribution in [2.45, 2.75) is 32.2 Å². The predicted molar refractivity (Wildman–Crippen MR) is 77.5 cm³/mol. The van der Waals surface area contributed by atoms with Crippen LogP contribution in [0.5, 0.6) is 0 Å². The molecule has 1 aromatic carbocycles. The Kier molecular flexibility index (Phi) is 6.20. The molecule has 0 aliphatic carbocycles. The van der Waals surface area contributed by atoms with Gasteiger partial charge in [0.2, 0.25) is 0 Å². The van der Waals surface area contributed by atoms with Crippen LogP contribution in [0.1, 0.15) is 36.5 Å². The van der Waals surface area contributed by atoms with Gasteiger partial charge in [0.15, 0.2) is 0 Å². The van der Waals surface area contributed by atoms with Crippen LogP contribution in [0.25, 0.3) is 0 Å². The van der Waals surface area contributed by atoms with Gasteiger partial charge in [-0.25, -0.2) is 9.18 Å². The summed E-state index contributed by atoms with van der Waals surface area (Å²) in [5, 5.41) is 11.5. The molecule has 0 saturated heterocycles. The number of unbranched alkanes of at least 4 members (excludes halogenated alkanes) is 1. The Balaban J connectivity index is 2.78. The van der Waals surface area contributed by atoms with Crippen LogP contribution in [0.15, 0.2) is 18.2 Å². The monoisotopic (exact) mass is 379 g/mol. The number of amides is 1. The second kappa shape index (κ2) is 7.42. The summed E-state index contributed by atoms with van der Waals surface area (Å²) in [5.74, 6) is -1.98. The average molecular weight is 379 g/mol. The number of carboxylic acid groups (broad SMARTS) is 1. The Bertz CT molecular complexity index is 479. The van der Waals surface area contributed by atoms with E-state index in [4.69, 9.17) is 5.11 Å². The first-order valence-corrected chi connectivity index (χ1v) is 7.02. The molecular weight excluding hydrogens is 364 g/mol. The summed E-state index contributed by atoms with van der Waals surface area (Å²) in [4.78, 5) is 23.0. The summed E-state index contributed by atoms with van der Waals surface area (Å²) in [5.41, 5.74) is 0.282. The minimum atomic E-state index is -1.06. The average Bonchev–Trinajstić information content (AvgIpc) is 2.33. The molecular formula is C13H15FINO3. The summed E-state index contributed by atoms with van der Waals surface area (Å²) < 4.78 is 13.4. The van der Waals surface area contributed by atoms with Gasteiger partial charge in [0.05, 0.1) is 5.56 Å². The van der Waals surface area contributed by atoms with Crippen LogP contribution in [0.2, 0.25) is 0 Å². The Morgan fingerprint density at radius 3 is 2.68 bits per heavy atom. The molecule has 4 nitrogen and oxygen atoms in total. The van der Waals surface area contributed by atoms with Crippen LogP contribution in [0, 0.1) is 9.39 Å². The topological polar surface area (TPSA) is 66.4 Å². The Hall–Kier alpha value is -1.18. The second-order valence-corrected chi connectivity index (χ2v) is 5.29. The van der Waals surface area contributed by atoms with Crippen molar-refractivity contribution < 1.29 is 19.1 Å². The fraction of sp³-hybridized carbons (Fsp3) is 0.385. The molecule has 0 fully saturated rings. The summed E-state index contributed by atoms with van der Waals surface area (Å²) >= 11 is 1.85. The SMILES string of the molecule is CCCC[C@H](NC(=O)c1ccc(F)cc1I)C(=O)O. The van der Waals surface area contributed by atoms with Gasteiger partial charge in [0.1, 0.15) is 11.9 Å². The van der Waals surface area contributed by atoms with Crippen LogP contribution >= 0.6 is 22.6 Å². The van der Waals surface area contributed by atoms with E-state index in [-0.39, 0.29) is 5.56 Å². The molecule has 2 N–H and O–H groups in total. The van der Waals surface area contributed by atoms with Gasteiger partial charge in [0.25, 0.3) is 5.91 Å². The number of benzene rings is 1. The highest BCUT2D eigenvalue weighted by atomic mass is 127. The smallest absolute Gasteiger partial charge is 0.326 e. The van der Waals surface area contributed by atoms with Crippen molar-refractivity contribution in [3.05, 3.63) is 33.1 Å². The van der Waals surface area contributed by atoms with Gasteiger partial charge >= 0.3 is 5.97 Å². The number of carboxylic acids is 1. The summed E-state index contributed by atoms with van der Waals surface area (Å²) in [7, 11) is 0. The lowest BCUT2D eigenvalue weighted by molar-refractivity contribution is -0.139. The standard InChI is InChI=1S/C13H15FINO3/c1-2-3-4-11(13(18)19)16-12(17)9-6-5-8(14)7-10(9)15/h5-7,11H,2-4H2,1H3,(H,16,17)(H,18,19)/t11-/m0/s1. The summed E-state index contributed by atoms with van der Waals surface area (Å²) in [6.07, 6.45) is 1.96. The maximum Gasteiger partial charge on any atom is 0.326 e. The molecule has 0 unspecified atom stereocenters. The maximum absolute atomic E-state index is 12.9. The van der Waals surface area contributed by atoms with Crippen molar-refractivity contribution in [2.75, 3.05) is 0 Å². The molecule has 0 aliphatic rings.